The second kappa shape index (κ2) is 6.20. The van der Waals surface area contributed by atoms with Crippen LogP contribution in [0.1, 0.15) is 12.0 Å². The predicted molar refractivity (Wildman–Crippen MR) is 62.3 cm³/mol. The normalized spacial score (nSPS) is 11.1. The molecule has 1 aromatic carbocycles. The average Bonchev–Trinajstić information content (AvgIpc) is 2.15. The van der Waals surface area contributed by atoms with Crippen molar-refractivity contribution < 1.29 is 4.39 Å². The second-order valence-corrected chi connectivity index (χ2v) is 4.18. The lowest BCUT2D eigenvalue weighted by molar-refractivity contribution is 0.614. The van der Waals surface area contributed by atoms with Crippen LogP contribution in [0.25, 0.3) is 0 Å². The van der Waals surface area contributed by atoms with Crippen LogP contribution in [-0.4, -0.2) is 5.88 Å². The number of alkyl halides is 1. The Hall–Kier alpha value is -0.340. The van der Waals surface area contributed by atoms with Crippen LogP contribution in [0.5, 0.6) is 0 Å². The molecule has 0 atom stereocenters. The minimum absolute atomic E-state index is 0.171. The van der Waals surface area contributed by atoms with Gasteiger partial charge in [0.2, 0.25) is 0 Å². The summed E-state index contributed by atoms with van der Waals surface area (Å²) in [5, 5.41) is 0. The molecule has 0 saturated carbocycles. The molecule has 1 rings (SSSR count). The number of hydrogen-bond acceptors (Lipinski definition) is 0. The quantitative estimate of drug-likeness (QED) is 0.568. The van der Waals surface area contributed by atoms with E-state index in [9.17, 15) is 4.39 Å². The summed E-state index contributed by atoms with van der Waals surface area (Å²) in [6, 6.07) is 5.10. The zero-order valence-corrected chi connectivity index (χ0v) is 9.98. The molecular formula is C11H11BrClF. The molecule has 76 valence electrons. The van der Waals surface area contributed by atoms with Crippen molar-refractivity contribution in [3.63, 3.8) is 0 Å². The first-order valence-electron chi connectivity index (χ1n) is 4.39. The van der Waals surface area contributed by atoms with Crippen LogP contribution in [0.4, 0.5) is 4.39 Å². The maximum atomic E-state index is 13.3. The Balaban J connectivity index is 2.59. The van der Waals surface area contributed by atoms with E-state index in [1.807, 2.05) is 18.2 Å². The van der Waals surface area contributed by atoms with Crippen LogP contribution in [0.2, 0.25) is 0 Å². The van der Waals surface area contributed by atoms with E-state index >= 15 is 0 Å². The van der Waals surface area contributed by atoms with Gasteiger partial charge in [-0.25, -0.2) is 4.39 Å². The minimum atomic E-state index is -0.171. The molecule has 1 aromatic rings. The SMILES string of the molecule is Fc1cc(Br)ccc1CC=CCCCl. The summed E-state index contributed by atoms with van der Waals surface area (Å²) in [6.45, 7) is 0. The molecule has 0 aliphatic heterocycles. The van der Waals surface area contributed by atoms with Gasteiger partial charge in [0.15, 0.2) is 0 Å². The van der Waals surface area contributed by atoms with Gasteiger partial charge in [0.1, 0.15) is 5.82 Å². The van der Waals surface area contributed by atoms with E-state index in [1.54, 1.807) is 6.07 Å². The highest BCUT2D eigenvalue weighted by Crippen LogP contribution is 2.15. The lowest BCUT2D eigenvalue weighted by Crippen LogP contribution is -1.87. The molecule has 0 spiro atoms. The maximum absolute atomic E-state index is 13.3. The maximum Gasteiger partial charge on any atom is 0.127 e. The summed E-state index contributed by atoms with van der Waals surface area (Å²) in [5.41, 5.74) is 0.707. The molecule has 0 aromatic heterocycles. The number of benzene rings is 1. The number of allylic oxidation sites excluding steroid dienone is 2. The molecule has 0 unspecified atom stereocenters. The van der Waals surface area contributed by atoms with Crippen molar-refractivity contribution in [2.45, 2.75) is 12.8 Å². The average molecular weight is 278 g/mol. The number of hydrogen-bond donors (Lipinski definition) is 0. The third-order valence-electron chi connectivity index (χ3n) is 1.80. The molecule has 0 aliphatic rings. The first-order chi connectivity index (χ1) is 6.74. The highest BCUT2D eigenvalue weighted by atomic mass is 79.9. The van der Waals surface area contributed by atoms with E-state index in [0.29, 0.717) is 17.9 Å². The summed E-state index contributed by atoms with van der Waals surface area (Å²) in [4.78, 5) is 0. The topological polar surface area (TPSA) is 0 Å². The lowest BCUT2D eigenvalue weighted by atomic mass is 10.1. The monoisotopic (exact) mass is 276 g/mol. The Kier molecular flexibility index (Phi) is 5.20. The van der Waals surface area contributed by atoms with Crippen molar-refractivity contribution in [2.24, 2.45) is 0 Å². The van der Waals surface area contributed by atoms with Crippen molar-refractivity contribution in [2.75, 3.05) is 5.88 Å². The Morgan fingerprint density at radius 3 is 2.79 bits per heavy atom. The van der Waals surface area contributed by atoms with Crippen LogP contribution in [-0.2, 0) is 6.42 Å². The molecule has 0 bridgehead atoms. The third kappa shape index (κ3) is 3.81. The first-order valence-corrected chi connectivity index (χ1v) is 5.71. The molecule has 3 heteroatoms. The molecule has 0 fully saturated rings. The Bertz CT molecular complexity index is 323. The molecule has 0 amide bonds. The zero-order valence-electron chi connectivity index (χ0n) is 7.64. The Labute approximate surface area is 96.9 Å². The summed E-state index contributed by atoms with van der Waals surface area (Å²) >= 11 is 8.72. The van der Waals surface area contributed by atoms with Gasteiger partial charge < -0.3 is 0 Å². The fourth-order valence-electron chi connectivity index (χ4n) is 1.08. The van der Waals surface area contributed by atoms with Crippen LogP contribution >= 0.6 is 27.5 Å². The fraction of sp³-hybridized carbons (Fsp3) is 0.273. The molecule has 0 aliphatic carbocycles. The van der Waals surface area contributed by atoms with E-state index in [1.165, 1.54) is 6.07 Å². The summed E-state index contributed by atoms with van der Waals surface area (Å²) in [6.07, 6.45) is 5.36. The Morgan fingerprint density at radius 1 is 1.36 bits per heavy atom. The van der Waals surface area contributed by atoms with Gasteiger partial charge in [-0.05, 0) is 30.5 Å². The molecule has 14 heavy (non-hydrogen) atoms. The van der Waals surface area contributed by atoms with Gasteiger partial charge in [0.05, 0.1) is 0 Å². The molecular weight excluding hydrogens is 266 g/mol. The van der Waals surface area contributed by atoms with Crippen LogP contribution < -0.4 is 0 Å². The second-order valence-electron chi connectivity index (χ2n) is 2.89. The number of halogens is 3. The van der Waals surface area contributed by atoms with Gasteiger partial charge in [-0.1, -0.05) is 34.1 Å². The van der Waals surface area contributed by atoms with E-state index < -0.39 is 0 Å². The smallest absolute Gasteiger partial charge is 0.127 e. The van der Waals surface area contributed by atoms with Gasteiger partial charge in [0.25, 0.3) is 0 Å². The predicted octanol–water partition coefficient (Wildman–Crippen LogP) is 4.32. The van der Waals surface area contributed by atoms with Crippen molar-refractivity contribution in [1.29, 1.82) is 0 Å². The van der Waals surface area contributed by atoms with Gasteiger partial charge in [0, 0.05) is 10.4 Å². The first kappa shape index (κ1) is 11.7. The lowest BCUT2D eigenvalue weighted by Gasteiger charge is -1.99. The summed E-state index contributed by atoms with van der Waals surface area (Å²) in [5.74, 6) is 0.439. The largest absolute Gasteiger partial charge is 0.207 e. The number of rotatable bonds is 4. The molecule has 0 N–H and O–H groups in total. The van der Waals surface area contributed by atoms with E-state index in [4.69, 9.17) is 11.6 Å². The highest BCUT2D eigenvalue weighted by Gasteiger charge is 1.99. The van der Waals surface area contributed by atoms with Crippen LogP contribution in [0, 0.1) is 5.82 Å². The van der Waals surface area contributed by atoms with Crippen molar-refractivity contribution in [3.05, 3.63) is 46.2 Å². The van der Waals surface area contributed by atoms with E-state index in [0.717, 1.165) is 10.9 Å². The molecule has 0 radical (unpaired) electrons. The third-order valence-corrected chi connectivity index (χ3v) is 2.51. The molecule has 0 heterocycles. The molecule has 0 nitrogen and oxygen atoms in total. The standard InChI is InChI=1S/C11H11BrClF/c12-10-6-5-9(11(14)8-10)4-2-1-3-7-13/h1-2,5-6,8H,3-4,7H2. The minimum Gasteiger partial charge on any atom is -0.207 e. The molecule has 0 saturated heterocycles. The summed E-state index contributed by atoms with van der Waals surface area (Å²) < 4.78 is 14.0. The van der Waals surface area contributed by atoms with Crippen molar-refractivity contribution in [3.8, 4) is 0 Å². The van der Waals surface area contributed by atoms with Gasteiger partial charge in [-0.3, -0.25) is 0 Å². The summed E-state index contributed by atoms with van der Waals surface area (Å²) in [7, 11) is 0. The van der Waals surface area contributed by atoms with Gasteiger partial charge in [-0.2, -0.15) is 0 Å². The van der Waals surface area contributed by atoms with Crippen LogP contribution in [0.15, 0.2) is 34.8 Å². The Morgan fingerprint density at radius 2 is 2.14 bits per heavy atom. The van der Waals surface area contributed by atoms with E-state index in [2.05, 4.69) is 15.9 Å². The van der Waals surface area contributed by atoms with E-state index in [-0.39, 0.29) is 5.82 Å². The highest BCUT2D eigenvalue weighted by molar-refractivity contribution is 9.10. The zero-order chi connectivity index (χ0) is 10.4. The van der Waals surface area contributed by atoms with Crippen molar-refractivity contribution in [1.82, 2.24) is 0 Å². The fourth-order valence-corrected chi connectivity index (χ4v) is 1.54. The van der Waals surface area contributed by atoms with Crippen molar-refractivity contribution >= 4 is 27.5 Å². The van der Waals surface area contributed by atoms with Gasteiger partial charge in [-0.15, -0.1) is 11.6 Å². The van der Waals surface area contributed by atoms with Gasteiger partial charge >= 0.3 is 0 Å². The van der Waals surface area contributed by atoms with Crippen LogP contribution in [0.3, 0.4) is 0 Å².